The number of hydrogen-bond donors (Lipinski definition) is 0. The average Bonchev–Trinajstić information content (AvgIpc) is 3.46. The van der Waals surface area contributed by atoms with E-state index in [9.17, 15) is 0 Å². The highest BCUT2D eigenvalue weighted by molar-refractivity contribution is 7.26. The molecular weight excluding hydrogens is 422 g/mol. The third-order valence-corrected chi connectivity index (χ3v) is 7.81. The van der Waals surface area contributed by atoms with Crippen molar-refractivity contribution < 1.29 is 0 Å². The minimum absolute atomic E-state index is 0.0722. The van der Waals surface area contributed by atoms with Crippen molar-refractivity contribution >= 4 is 59.4 Å². The van der Waals surface area contributed by atoms with Gasteiger partial charge in [0, 0.05) is 25.7 Å². The van der Waals surface area contributed by atoms with Crippen molar-refractivity contribution in [3.8, 4) is 11.1 Å². The summed E-state index contributed by atoms with van der Waals surface area (Å²) in [5.74, 6) is 0.996. The number of nitrogens with zero attached hydrogens (tertiary/aromatic N) is 3. The van der Waals surface area contributed by atoms with Gasteiger partial charge in [0.25, 0.3) is 0 Å². The first kappa shape index (κ1) is 18.9. The summed E-state index contributed by atoms with van der Waals surface area (Å²) in [6.45, 7) is 6.73. The Bertz CT molecular complexity index is 1860. The molecule has 0 fully saturated rings. The monoisotopic (exact) mass is 445 g/mol. The summed E-state index contributed by atoms with van der Waals surface area (Å²) in [6.07, 6.45) is 0. The highest BCUT2D eigenvalue weighted by Crippen LogP contribution is 2.40. The van der Waals surface area contributed by atoms with E-state index in [2.05, 4.69) is 115 Å². The van der Waals surface area contributed by atoms with Crippen LogP contribution in [-0.4, -0.2) is 14.0 Å². The summed E-state index contributed by atoms with van der Waals surface area (Å²) in [4.78, 5) is 5.16. The molecule has 0 amide bonds. The van der Waals surface area contributed by atoms with E-state index in [-0.39, 0.29) is 5.54 Å². The van der Waals surface area contributed by atoms with E-state index in [1.165, 1.54) is 42.3 Å². The summed E-state index contributed by atoms with van der Waals surface area (Å²) in [5.41, 5.74) is 7.01. The van der Waals surface area contributed by atoms with E-state index in [1.54, 1.807) is 0 Å². The minimum atomic E-state index is -0.0722. The maximum atomic E-state index is 5.16. The van der Waals surface area contributed by atoms with Gasteiger partial charge in [-0.15, -0.1) is 11.3 Å². The zero-order chi connectivity index (χ0) is 22.3. The zero-order valence-corrected chi connectivity index (χ0v) is 19.6. The van der Waals surface area contributed by atoms with Crippen LogP contribution in [0, 0.1) is 0 Å². The van der Waals surface area contributed by atoms with Gasteiger partial charge >= 0.3 is 0 Å². The van der Waals surface area contributed by atoms with Gasteiger partial charge in [-0.1, -0.05) is 54.6 Å². The van der Waals surface area contributed by atoms with Crippen LogP contribution < -0.4 is 0 Å². The van der Waals surface area contributed by atoms with Crippen LogP contribution in [0.4, 0.5) is 0 Å². The number of hydrogen-bond acceptors (Lipinski definition) is 2. The Morgan fingerprint density at radius 3 is 2.33 bits per heavy atom. The van der Waals surface area contributed by atoms with E-state index in [0.717, 1.165) is 16.8 Å². The Morgan fingerprint density at radius 1 is 0.727 bits per heavy atom. The molecule has 0 aliphatic carbocycles. The van der Waals surface area contributed by atoms with Crippen LogP contribution in [-0.2, 0) is 5.54 Å². The van der Waals surface area contributed by atoms with Crippen molar-refractivity contribution in [2.24, 2.45) is 0 Å². The van der Waals surface area contributed by atoms with Gasteiger partial charge in [-0.05, 0) is 62.2 Å². The van der Waals surface area contributed by atoms with E-state index in [1.807, 2.05) is 11.3 Å². The summed E-state index contributed by atoms with van der Waals surface area (Å²) in [6, 6.07) is 30.7. The van der Waals surface area contributed by atoms with Gasteiger partial charge < -0.3 is 4.57 Å². The molecule has 0 bridgehead atoms. The quantitative estimate of drug-likeness (QED) is 0.249. The Labute approximate surface area is 195 Å². The number of fused-ring (bicyclic) bond motifs is 8. The van der Waals surface area contributed by atoms with Crippen molar-refractivity contribution in [1.29, 1.82) is 0 Å². The Hall–Kier alpha value is -3.63. The van der Waals surface area contributed by atoms with Gasteiger partial charge in [0.2, 0.25) is 5.78 Å². The molecule has 0 unspecified atom stereocenters. The molecular formula is C29H23N3S. The molecule has 0 N–H and O–H groups in total. The fourth-order valence-electron chi connectivity index (χ4n) is 5.21. The molecule has 3 aromatic heterocycles. The fourth-order valence-corrected chi connectivity index (χ4v) is 6.45. The van der Waals surface area contributed by atoms with Gasteiger partial charge in [-0.2, -0.15) is 0 Å². The van der Waals surface area contributed by atoms with E-state index in [4.69, 9.17) is 4.98 Å². The predicted molar refractivity (Wildman–Crippen MR) is 142 cm³/mol. The Morgan fingerprint density at radius 2 is 1.48 bits per heavy atom. The molecule has 0 aliphatic rings. The predicted octanol–water partition coefficient (Wildman–Crippen LogP) is 8.23. The van der Waals surface area contributed by atoms with E-state index >= 15 is 0 Å². The molecule has 0 atom stereocenters. The molecule has 0 saturated heterocycles. The molecule has 3 nitrogen and oxygen atoms in total. The van der Waals surface area contributed by atoms with Crippen molar-refractivity contribution in [3.05, 3.63) is 84.9 Å². The van der Waals surface area contributed by atoms with Gasteiger partial charge in [0.05, 0.1) is 22.1 Å². The number of aromatic nitrogens is 3. The second kappa shape index (κ2) is 6.46. The molecule has 0 radical (unpaired) electrons. The molecule has 0 saturated carbocycles. The lowest BCUT2D eigenvalue weighted by Gasteiger charge is -2.22. The van der Waals surface area contributed by atoms with Crippen molar-refractivity contribution in [2.45, 2.75) is 26.3 Å². The van der Waals surface area contributed by atoms with E-state index < -0.39 is 0 Å². The SMILES string of the molecule is CC(C)(C)n1c2ccccc2n2c3ccc(-c4cccc5c4sc4ccccc45)cc3nc12. The molecule has 7 aromatic rings. The number of benzene rings is 4. The lowest BCUT2D eigenvalue weighted by Crippen LogP contribution is -2.21. The number of thiophene rings is 1. The van der Waals surface area contributed by atoms with Gasteiger partial charge in [0.15, 0.2) is 0 Å². The zero-order valence-electron chi connectivity index (χ0n) is 18.8. The smallest absolute Gasteiger partial charge is 0.216 e. The van der Waals surface area contributed by atoms with Crippen LogP contribution in [0.1, 0.15) is 20.8 Å². The lowest BCUT2D eigenvalue weighted by atomic mass is 10.0. The molecule has 160 valence electrons. The van der Waals surface area contributed by atoms with Gasteiger partial charge in [-0.25, -0.2) is 4.98 Å². The largest absolute Gasteiger partial charge is 0.304 e. The van der Waals surface area contributed by atoms with Crippen LogP contribution in [0.2, 0.25) is 0 Å². The first-order valence-electron chi connectivity index (χ1n) is 11.3. The normalized spacial score (nSPS) is 12.7. The first-order valence-corrected chi connectivity index (χ1v) is 12.2. The molecule has 4 aromatic carbocycles. The first-order chi connectivity index (χ1) is 16.0. The van der Waals surface area contributed by atoms with Crippen molar-refractivity contribution in [3.63, 3.8) is 0 Å². The molecule has 7 rings (SSSR count). The van der Waals surface area contributed by atoms with Crippen LogP contribution >= 0.6 is 11.3 Å². The van der Waals surface area contributed by atoms with Crippen molar-refractivity contribution in [1.82, 2.24) is 14.0 Å². The Kier molecular flexibility index (Phi) is 3.70. The topological polar surface area (TPSA) is 22.2 Å². The molecule has 0 spiro atoms. The Balaban J connectivity index is 1.53. The summed E-state index contributed by atoms with van der Waals surface area (Å²) >= 11 is 1.87. The summed E-state index contributed by atoms with van der Waals surface area (Å²) < 4.78 is 7.33. The van der Waals surface area contributed by atoms with Gasteiger partial charge in [0.1, 0.15) is 0 Å². The fraction of sp³-hybridized carbons (Fsp3) is 0.138. The summed E-state index contributed by atoms with van der Waals surface area (Å²) in [7, 11) is 0. The average molecular weight is 446 g/mol. The van der Waals surface area contributed by atoms with E-state index in [0.29, 0.717) is 0 Å². The maximum Gasteiger partial charge on any atom is 0.216 e. The molecule has 33 heavy (non-hydrogen) atoms. The second-order valence-corrected chi connectivity index (χ2v) is 10.8. The number of rotatable bonds is 1. The third kappa shape index (κ3) is 2.58. The lowest BCUT2D eigenvalue weighted by molar-refractivity contribution is 0.419. The third-order valence-electron chi connectivity index (χ3n) is 6.59. The molecule has 0 aliphatic heterocycles. The minimum Gasteiger partial charge on any atom is -0.304 e. The molecule has 3 heterocycles. The van der Waals surface area contributed by atoms with Gasteiger partial charge in [-0.3, -0.25) is 4.40 Å². The number of imidazole rings is 2. The van der Waals surface area contributed by atoms with Crippen molar-refractivity contribution in [2.75, 3.05) is 0 Å². The molecule has 4 heteroatoms. The second-order valence-electron chi connectivity index (χ2n) is 9.73. The number of para-hydroxylation sites is 2. The van der Waals surface area contributed by atoms with Crippen LogP contribution in [0.25, 0.3) is 59.1 Å². The van der Waals surface area contributed by atoms with Crippen LogP contribution in [0.3, 0.4) is 0 Å². The standard InChI is InChI=1S/C29H23N3S/c1-29(2,3)32-25-13-6-5-12-24(25)31-23-16-15-18(17-22(23)30-28(31)32)19-10-8-11-21-20-9-4-7-14-26(20)33-27(19)21/h4-17H,1-3H3. The van der Waals surface area contributed by atoms with Crippen LogP contribution in [0.15, 0.2) is 84.9 Å². The summed E-state index contributed by atoms with van der Waals surface area (Å²) in [5, 5.41) is 2.66. The highest BCUT2D eigenvalue weighted by Gasteiger charge is 2.23. The highest BCUT2D eigenvalue weighted by atomic mass is 32.1. The van der Waals surface area contributed by atoms with Crippen LogP contribution in [0.5, 0.6) is 0 Å². The maximum absolute atomic E-state index is 5.16.